The molecule has 0 aliphatic heterocycles. The van der Waals surface area contributed by atoms with Gasteiger partial charge in [-0.15, -0.1) is 11.8 Å². The normalized spacial score (nSPS) is 14.3. The van der Waals surface area contributed by atoms with Crippen molar-refractivity contribution in [1.82, 2.24) is 0 Å². The van der Waals surface area contributed by atoms with Gasteiger partial charge in [0.15, 0.2) is 0 Å². The van der Waals surface area contributed by atoms with E-state index in [9.17, 15) is 5.11 Å². The van der Waals surface area contributed by atoms with Crippen LogP contribution in [0.4, 0.5) is 0 Å². The molecule has 0 radical (unpaired) electrons. The van der Waals surface area contributed by atoms with E-state index in [1.165, 1.54) is 31.2 Å². The third-order valence-corrected chi connectivity index (χ3v) is 5.10. The molecule has 0 spiro atoms. The molecule has 1 aromatic carbocycles. The van der Waals surface area contributed by atoms with E-state index in [4.69, 9.17) is 0 Å². The molecule has 1 rings (SSSR count). The van der Waals surface area contributed by atoms with Crippen molar-refractivity contribution in [3.63, 3.8) is 0 Å². The van der Waals surface area contributed by atoms with Crippen molar-refractivity contribution in [1.29, 1.82) is 0 Å². The van der Waals surface area contributed by atoms with Gasteiger partial charge in [0.25, 0.3) is 0 Å². The molecular weight excluding hydrogens is 252 g/mol. The summed E-state index contributed by atoms with van der Waals surface area (Å²) in [6, 6.07) is 5.83. The first-order chi connectivity index (χ1) is 9.02. The first kappa shape index (κ1) is 16.4. The molecule has 0 saturated carbocycles. The predicted octanol–water partition coefficient (Wildman–Crippen LogP) is 5.65. The van der Waals surface area contributed by atoms with Crippen LogP contribution in [0.3, 0.4) is 0 Å². The molecule has 0 bridgehead atoms. The molecular formula is C17H28OS. The summed E-state index contributed by atoms with van der Waals surface area (Å²) in [4.78, 5) is 1.02. The Morgan fingerprint density at radius 1 is 1.16 bits per heavy atom. The van der Waals surface area contributed by atoms with E-state index in [0.717, 1.165) is 16.6 Å². The van der Waals surface area contributed by atoms with E-state index in [0.29, 0.717) is 11.7 Å². The number of phenolic OH excluding ortho intramolecular Hbond substituents is 1. The quantitative estimate of drug-likeness (QED) is 0.621. The van der Waals surface area contributed by atoms with Crippen molar-refractivity contribution in [2.45, 2.75) is 58.3 Å². The molecule has 1 N–H and O–H groups in total. The van der Waals surface area contributed by atoms with Crippen LogP contribution in [0, 0.1) is 18.8 Å². The van der Waals surface area contributed by atoms with Gasteiger partial charge in [0.05, 0.1) is 0 Å². The van der Waals surface area contributed by atoms with Crippen LogP contribution in [-0.2, 0) is 0 Å². The van der Waals surface area contributed by atoms with Gasteiger partial charge in [-0.2, -0.15) is 0 Å². The Morgan fingerprint density at radius 3 is 2.53 bits per heavy atom. The zero-order chi connectivity index (χ0) is 14.3. The van der Waals surface area contributed by atoms with Gasteiger partial charge in [-0.3, -0.25) is 0 Å². The summed E-state index contributed by atoms with van der Waals surface area (Å²) in [7, 11) is 0. The lowest BCUT2D eigenvalue weighted by molar-refractivity contribution is 0.451. The summed E-state index contributed by atoms with van der Waals surface area (Å²) in [5.41, 5.74) is 1.21. The zero-order valence-corrected chi connectivity index (χ0v) is 13.6. The summed E-state index contributed by atoms with van der Waals surface area (Å²) >= 11 is 1.78. The van der Waals surface area contributed by atoms with E-state index in [1.807, 2.05) is 6.07 Å². The summed E-state index contributed by atoms with van der Waals surface area (Å²) in [5.74, 6) is 3.09. The molecule has 19 heavy (non-hydrogen) atoms. The minimum atomic E-state index is 0.419. The second-order valence-electron chi connectivity index (χ2n) is 5.83. The maximum atomic E-state index is 9.81. The van der Waals surface area contributed by atoms with Crippen molar-refractivity contribution in [3.8, 4) is 5.75 Å². The lowest BCUT2D eigenvalue weighted by atomic mass is 9.98. The summed E-state index contributed by atoms with van der Waals surface area (Å²) < 4.78 is 0. The third kappa shape index (κ3) is 6.38. The molecule has 0 fully saturated rings. The van der Waals surface area contributed by atoms with Crippen LogP contribution in [0.15, 0.2) is 23.1 Å². The number of aromatic hydroxyl groups is 1. The highest BCUT2D eigenvalue weighted by Crippen LogP contribution is 2.31. The van der Waals surface area contributed by atoms with Crippen LogP contribution in [0.5, 0.6) is 5.75 Å². The number of hydrogen-bond donors (Lipinski definition) is 1. The predicted molar refractivity (Wildman–Crippen MR) is 86.0 cm³/mol. The van der Waals surface area contributed by atoms with Crippen molar-refractivity contribution in [2.24, 2.45) is 11.8 Å². The molecule has 0 saturated heterocycles. The Kier molecular flexibility index (Phi) is 7.37. The Morgan fingerprint density at radius 2 is 1.84 bits per heavy atom. The second-order valence-corrected chi connectivity index (χ2v) is 6.89. The summed E-state index contributed by atoms with van der Waals surface area (Å²) in [6.07, 6.45) is 5.27. The fourth-order valence-electron chi connectivity index (χ4n) is 2.07. The van der Waals surface area contributed by atoms with Gasteiger partial charge >= 0.3 is 0 Å². The highest BCUT2D eigenvalue weighted by Gasteiger charge is 2.07. The number of phenols is 1. The van der Waals surface area contributed by atoms with E-state index >= 15 is 0 Å². The van der Waals surface area contributed by atoms with Gasteiger partial charge in [-0.05, 0) is 42.9 Å². The minimum Gasteiger partial charge on any atom is -0.507 e. The molecule has 1 nitrogen and oxygen atoms in total. The Labute approximate surface area is 122 Å². The van der Waals surface area contributed by atoms with Crippen LogP contribution in [0.1, 0.15) is 52.0 Å². The molecule has 1 aromatic rings. The van der Waals surface area contributed by atoms with Crippen LogP contribution in [-0.4, -0.2) is 10.9 Å². The molecule has 0 heterocycles. The fourth-order valence-corrected chi connectivity index (χ4v) is 3.19. The van der Waals surface area contributed by atoms with E-state index in [2.05, 4.69) is 33.8 Å². The first-order valence-electron chi connectivity index (χ1n) is 7.45. The van der Waals surface area contributed by atoms with E-state index in [-0.39, 0.29) is 0 Å². The van der Waals surface area contributed by atoms with Crippen molar-refractivity contribution >= 4 is 11.8 Å². The maximum Gasteiger partial charge on any atom is 0.129 e. The number of rotatable bonds is 8. The highest BCUT2D eigenvalue weighted by atomic mass is 32.2. The molecule has 0 amide bonds. The van der Waals surface area contributed by atoms with Crippen LogP contribution < -0.4 is 0 Å². The molecule has 0 aliphatic carbocycles. The second kappa shape index (κ2) is 8.52. The Hall–Kier alpha value is -0.630. The monoisotopic (exact) mass is 280 g/mol. The average molecular weight is 280 g/mol. The van der Waals surface area contributed by atoms with Crippen molar-refractivity contribution < 1.29 is 5.11 Å². The average Bonchev–Trinajstić information content (AvgIpc) is 2.39. The van der Waals surface area contributed by atoms with Crippen LogP contribution in [0.2, 0.25) is 0 Å². The number of aryl methyl sites for hydroxylation is 1. The van der Waals surface area contributed by atoms with Crippen molar-refractivity contribution in [3.05, 3.63) is 23.8 Å². The van der Waals surface area contributed by atoms with Gasteiger partial charge < -0.3 is 5.11 Å². The lowest BCUT2D eigenvalue weighted by Crippen LogP contribution is -2.00. The highest BCUT2D eigenvalue weighted by molar-refractivity contribution is 7.99. The topological polar surface area (TPSA) is 20.2 Å². The molecule has 2 heteroatoms. The molecule has 0 aliphatic rings. The minimum absolute atomic E-state index is 0.419. The number of thioether (sulfide) groups is 1. The van der Waals surface area contributed by atoms with E-state index in [1.54, 1.807) is 17.8 Å². The SMILES string of the molecule is CCC(C)CCCC(C)CSc1cc(C)ccc1O. The molecule has 2 atom stereocenters. The standard InChI is InChI=1S/C17H28OS/c1-5-13(2)7-6-8-15(4)12-19-17-11-14(3)9-10-16(17)18/h9-11,13,15,18H,5-8,12H2,1-4H3. The zero-order valence-electron chi connectivity index (χ0n) is 12.8. The largest absolute Gasteiger partial charge is 0.507 e. The lowest BCUT2D eigenvalue weighted by Gasteiger charge is -2.13. The van der Waals surface area contributed by atoms with Gasteiger partial charge in [0.2, 0.25) is 0 Å². The van der Waals surface area contributed by atoms with Gasteiger partial charge in [0, 0.05) is 10.6 Å². The van der Waals surface area contributed by atoms with Crippen LogP contribution >= 0.6 is 11.8 Å². The molecule has 108 valence electrons. The number of benzene rings is 1. The third-order valence-electron chi connectivity index (χ3n) is 3.73. The fraction of sp³-hybridized carbons (Fsp3) is 0.647. The smallest absolute Gasteiger partial charge is 0.129 e. The Balaban J connectivity index is 2.29. The summed E-state index contributed by atoms with van der Waals surface area (Å²) in [5, 5.41) is 9.81. The Bertz CT molecular complexity index is 376. The van der Waals surface area contributed by atoms with Gasteiger partial charge in [-0.1, -0.05) is 46.1 Å². The van der Waals surface area contributed by atoms with E-state index < -0.39 is 0 Å². The number of hydrogen-bond acceptors (Lipinski definition) is 2. The maximum absolute atomic E-state index is 9.81. The molecule has 2 unspecified atom stereocenters. The van der Waals surface area contributed by atoms with Gasteiger partial charge in [0.1, 0.15) is 5.75 Å². The van der Waals surface area contributed by atoms with Crippen molar-refractivity contribution in [2.75, 3.05) is 5.75 Å². The first-order valence-corrected chi connectivity index (χ1v) is 8.43. The summed E-state index contributed by atoms with van der Waals surface area (Å²) in [6.45, 7) is 8.99. The van der Waals surface area contributed by atoms with Gasteiger partial charge in [-0.25, -0.2) is 0 Å². The molecule has 0 aromatic heterocycles. The van der Waals surface area contributed by atoms with Crippen LogP contribution in [0.25, 0.3) is 0 Å².